The number of hydrogen-bond acceptors (Lipinski definition) is 4. The fraction of sp³-hybridized carbons (Fsp3) is 0.323. The largest absolute Gasteiger partial charge is 0.368 e. The molecule has 7 heteroatoms. The van der Waals surface area contributed by atoms with E-state index in [1.165, 1.54) is 16.8 Å². The third kappa shape index (κ3) is 5.88. The molecule has 5 rings (SSSR count). The highest BCUT2D eigenvalue weighted by Gasteiger charge is 2.34. The molecular formula is C31H34N4O3. The van der Waals surface area contributed by atoms with E-state index in [1.54, 1.807) is 29.2 Å². The van der Waals surface area contributed by atoms with Crippen LogP contribution in [-0.4, -0.2) is 60.2 Å². The first kappa shape index (κ1) is 25.5. The van der Waals surface area contributed by atoms with Gasteiger partial charge in [-0.05, 0) is 49.7 Å². The van der Waals surface area contributed by atoms with Crippen LogP contribution in [0.5, 0.6) is 0 Å². The van der Waals surface area contributed by atoms with Gasteiger partial charge in [-0.25, -0.2) is 0 Å². The smallest absolute Gasteiger partial charge is 0.254 e. The van der Waals surface area contributed by atoms with Gasteiger partial charge < -0.3 is 20.0 Å². The summed E-state index contributed by atoms with van der Waals surface area (Å²) in [5, 5.41) is 2.93. The second-order valence-electron chi connectivity index (χ2n) is 10.3. The van der Waals surface area contributed by atoms with Crippen molar-refractivity contribution in [2.24, 2.45) is 5.92 Å². The summed E-state index contributed by atoms with van der Waals surface area (Å²) >= 11 is 0. The van der Waals surface area contributed by atoms with Crippen molar-refractivity contribution in [2.45, 2.75) is 26.8 Å². The number of amides is 3. The summed E-state index contributed by atoms with van der Waals surface area (Å²) in [7, 11) is 0. The van der Waals surface area contributed by atoms with Crippen molar-refractivity contribution in [2.75, 3.05) is 42.9 Å². The molecule has 7 nitrogen and oxygen atoms in total. The molecule has 2 heterocycles. The molecule has 2 fully saturated rings. The number of likely N-dealkylation sites (tertiary alicyclic amines) is 1. The van der Waals surface area contributed by atoms with E-state index in [4.69, 9.17) is 0 Å². The third-order valence-corrected chi connectivity index (χ3v) is 7.42. The first-order valence-electron chi connectivity index (χ1n) is 13.2. The van der Waals surface area contributed by atoms with Crippen LogP contribution >= 0.6 is 0 Å². The summed E-state index contributed by atoms with van der Waals surface area (Å²) in [6.45, 7) is 7.84. The zero-order valence-corrected chi connectivity index (χ0v) is 22.0. The molecule has 0 bridgehead atoms. The van der Waals surface area contributed by atoms with Crippen LogP contribution in [0.4, 0.5) is 11.4 Å². The van der Waals surface area contributed by atoms with Crippen LogP contribution in [0.3, 0.4) is 0 Å². The summed E-state index contributed by atoms with van der Waals surface area (Å²) in [6, 6.07) is 23.6. The zero-order chi connectivity index (χ0) is 26.6. The summed E-state index contributed by atoms with van der Waals surface area (Å²) in [4.78, 5) is 44.6. The number of aryl methyl sites for hydroxylation is 2. The first-order chi connectivity index (χ1) is 18.4. The van der Waals surface area contributed by atoms with E-state index in [1.807, 2.05) is 36.1 Å². The maximum absolute atomic E-state index is 13.2. The van der Waals surface area contributed by atoms with Crippen molar-refractivity contribution in [3.63, 3.8) is 0 Å². The Morgan fingerprint density at radius 3 is 2.21 bits per heavy atom. The first-order valence-corrected chi connectivity index (χ1v) is 13.2. The Labute approximate surface area is 224 Å². The Morgan fingerprint density at radius 2 is 1.53 bits per heavy atom. The predicted molar refractivity (Wildman–Crippen MR) is 149 cm³/mol. The molecule has 2 saturated heterocycles. The van der Waals surface area contributed by atoms with E-state index in [9.17, 15) is 14.4 Å². The van der Waals surface area contributed by atoms with E-state index < -0.39 is 5.92 Å². The van der Waals surface area contributed by atoms with E-state index >= 15 is 0 Å². The average Bonchev–Trinajstić information content (AvgIpc) is 3.30. The summed E-state index contributed by atoms with van der Waals surface area (Å²) in [5.74, 6) is -0.660. The zero-order valence-electron chi connectivity index (χ0n) is 22.0. The van der Waals surface area contributed by atoms with Crippen LogP contribution in [-0.2, 0) is 16.1 Å². The lowest BCUT2D eigenvalue weighted by molar-refractivity contribution is -0.128. The molecule has 3 aromatic rings. The molecule has 0 radical (unpaired) electrons. The normalized spacial score (nSPS) is 17.6. The minimum atomic E-state index is -0.415. The molecule has 1 atom stereocenters. The van der Waals surface area contributed by atoms with Crippen molar-refractivity contribution >= 4 is 29.1 Å². The van der Waals surface area contributed by atoms with Crippen molar-refractivity contribution < 1.29 is 14.4 Å². The number of carbonyl (C=O) groups is 3. The van der Waals surface area contributed by atoms with Crippen LogP contribution in [0.15, 0.2) is 72.8 Å². The van der Waals surface area contributed by atoms with Crippen molar-refractivity contribution in [3.8, 4) is 0 Å². The van der Waals surface area contributed by atoms with E-state index in [0.717, 1.165) is 18.7 Å². The summed E-state index contributed by atoms with van der Waals surface area (Å²) < 4.78 is 0. The minimum Gasteiger partial charge on any atom is -0.368 e. The lowest BCUT2D eigenvalue weighted by Gasteiger charge is -2.36. The number of piperazine rings is 1. The SMILES string of the molecule is Cc1ccc(CN2CC(C(=O)Nc3cccc(C(=O)N4CCN(c5ccc(C)cc5)CC4)c3)CC2=O)cc1. The number of nitrogens with one attached hydrogen (secondary N) is 1. The molecule has 38 heavy (non-hydrogen) atoms. The van der Waals surface area contributed by atoms with Gasteiger partial charge in [-0.1, -0.05) is 53.6 Å². The van der Waals surface area contributed by atoms with Gasteiger partial charge in [0.05, 0.1) is 5.92 Å². The monoisotopic (exact) mass is 510 g/mol. The molecule has 0 aromatic heterocycles. The molecule has 1 unspecified atom stereocenters. The highest BCUT2D eigenvalue weighted by Crippen LogP contribution is 2.23. The van der Waals surface area contributed by atoms with E-state index in [0.29, 0.717) is 37.4 Å². The van der Waals surface area contributed by atoms with E-state index in [-0.39, 0.29) is 24.1 Å². The standard InChI is InChI=1S/C31H34N4O3/c1-22-6-10-24(11-7-22)20-35-21-26(19-29(35)36)30(37)32-27-5-3-4-25(18-27)31(38)34-16-14-33(15-17-34)28-12-8-23(2)9-13-28/h3-13,18,26H,14-17,19-21H2,1-2H3,(H,32,37). The maximum Gasteiger partial charge on any atom is 0.254 e. The number of nitrogens with zero attached hydrogens (tertiary/aromatic N) is 3. The molecule has 196 valence electrons. The predicted octanol–water partition coefficient (Wildman–Crippen LogP) is 4.25. The van der Waals surface area contributed by atoms with Gasteiger partial charge in [-0.3, -0.25) is 14.4 Å². The number of benzene rings is 3. The molecule has 2 aliphatic heterocycles. The second-order valence-corrected chi connectivity index (χ2v) is 10.3. The fourth-order valence-electron chi connectivity index (χ4n) is 5.09. The van der Waals surface area contributed by atoms with Gasteiger partial charge in [0, 0.05) is 62.6 Å². The third-order valence-electron chi connectivity index (χ3n) is 7.42. The minimum absolute atomic E-state index is 0.0144. The molecule has 0 aliphatic carbocycles. The second kappa shape index (κ2) is 11.1. The summed E-state index contributed by atoms with van der Waals surface area (Å²) in [6.07, 6.45) is 0.196. The van der Waals surface area contributed by atoms with Gasteiger partial charge in [0.2, 0.25) is 11.8 Å². The Kier molecular flexibility index (Phi) is 7.45. The molecule has 2 aliphatic rings. The lowest BCUT2D eigenvalue weighted by Crippen LogP contribution is -2.48. The molecular weight excluding hydrogens is 476 g/mol. The number of rotatable bonds is 6. The molecule has 3 amide bonds. The Morgan fingerprint density at radius 1 is 0.868 bits per heavy atom. The van der Waals surface area contributed by atoms with E-state index in [2.05, 4.69) is 41.4 Å². The van der Waals surface area contributed by atoms with Crippen molar-refractivity contribution in [1.82, 2.24) is 9.80 Å². The van der Waals surface area contributed by atoms with Crippen LogP contribution in [0.2, 0.25) is 0 Å². The van der Waals surface area contributed by atoms with Gasteiger partial charge >= 0.3 is 0 Å². The van der Waals surface area contributed by atoms with Crippen LogP contribution < -0.4 is 10.2 Å². The van der Waals surface area contributed by atoms with Gasteiger partial charge in [0.15, 0.2) is 0 Å². The highest BCUT2D eigenvalue weighted by atomic mass is 16.2. The maximum atomic E-state index is 13.2. The van der Waals surface area contributed by atoms with Crippen LogP contribution in [0, 0.1) is 19.8 Å². The van der Waals surface area contributed by atoms with Crippen LogP contribution in [0.25, 0.3) is 0 Å². The topological polar surface area (TPSA) is 73.0 Å². The van der Waals surface area contributed by atoms with Gasteiger partial charge in [-0.15, -0.1) is 0 Å². The number of anilines is 2. The van der Waals surface area contributed by atoms with Crippen molar-refractivity contribution in [1.29, 1.82) is 0 Å². The number of hydrogen-bond donors (Lipinski definition) is 1. The number of carbonyl (C=O) groups excluding carboxylic acids is 3. The Balaban J connectivity index is 1.16. The molecule has 0 spiro atoms. The van der Waals surface area contributed by atoms with Gasteiger partial charge in [-0.2, -0.15) is 0 Å². The van der Waals surface area contributed by atoms with Crippen LogP contribution in [0.1, 0.15) is 33.5 Å². The van der Waals surface area contributed by atoms with Gasteiger partial charge in [0.25, 0.3) is 5.91 Å². The summed E-state index contributed by atoms with van der Waals surface area (Å²) in [5.41, 5.74) is 5.75. The fourth-order valence-corrected chi connectivity index (χ4v) is 5.09. The quantitative estimate of drug-likeness (QED) is 0.538. The average molecular weight is 511 g/mol. The van der Waals surface area contributed by atoms with Gasteiger partial charge in [0.1, 0.15) is 0 Å². The Hall–Kier alpha value is -4.13. The Bertz CT molecular complexity index is 1310. The molecule has 3 aromatic carbocycles. The lowest BCUT2D eigenvalue weighted by atomic mass is 10.1. The van der Waals surface area contributed by atoms with Crippen molar-refractivity contribution in [3.05, 3.63) is 95.1 Å². The highest BCUT2D eigenvalue weighted by molar-refractivity contribution is 5.99. The molecule has 1 N–H and O–H groups in total. The molecule has 0 saturated carbocycles.